The van der Waals surface area contributed by atoms with Gasteiger partial charge in [-0.3, -0.25) is 4.79 Å². The van der Waals surface area contributed by atoms with Gasteiger partial charge in [0.15, 0.2) is 0 Å². The Hall–Kier alpha value is -4.06. The molecule has 0 radical (unpaired) electrons. The second-order valence-electron chi connectivity index (χ2n) is 7.05. The molecule has 0 saturated carbocycles. The van der Waals surface area contributed by atoms with Crippen LogP contribution >= 0.6 is 0 Å². The molecule has 0 fully saturated rings. The van der Waals surface area contributed by atoms with Crippen LogP contribution in [0.1, 0.15) is 15.9 Å². The molecule has 0 aliphatic heterocycles. The summed E-state index contributed by atoms with van der Waals surface area (Å²) in [7, 11) is 1.31. The highest BCUT2D eigenvalue weighted by Gasteiger charge is 2.24. The van der Waals surface area contributed by atoms with E-state index in [1.807, 2.05) is 60.8 Å². The lowest BCUT2D eigenvalue weighted by molar-refractivity contribution is -0.142. The van der Waals surface area contributed by atoms with E-state index in [9.17, 15) is 9.59 Å². The molecule has 4 rings (SSSR count). The number of fused-ring (bicyclic) bond motifs is 1. The van der Waals surface area contributed by atoms with Crippen molar-refractivity contribution in [1.29, 1.82) is 0 Å². The van der Waals surface area contributed by atoms with Gasteiger partial charge in [0, 0.05) is 29.1 Å². The summed E-state index contributed by atoms with van der Waals surface area (Å²) in [6.07, 6.45) is 2.17. The lowest BCUT2D eigenvalue weighted by atomic mass is 10.0. The van der Waals surface area contributed by atoms with Gasteiger partial charge in [0.25, 0.3) is 5.91 Å². The molecule has 31 heavy (non-hydrogen) atoms. The third-order valence-corrected chi connectivity index (χ3v) is 4.99. The number of hydrogen-bond acceptors (Lipinski definition) is 4. The second kappa shape index (κ2) is 9.17. The number of aromatic nitrogens is 1. The minimum Gasteiger partial charge on any atom is -0.467 e. The molecule has 4 aromatic rings. The third-order valence-electron chi connectivity index (χ3n) is 4.99. The fourth-order valence-electron chi connectivity index (χ4n) is 3.40. The van der Waals surface area contributed by atoms with Crippen molar-refractivity contribution >= 4 is 22.8 Å². The quantitative estimate of drug-likeness (QED) is 0.437. The van der Waals surface area contributed by atoms with Crippen molar-refractivity contribution in [2.24, 2.45) is 0 Å². The number of methoxy groups -OCH3 is 1. The van der Waals surface area contributed by atoms with Crippen LogP contribution < -0.4 is 10.1 Å². The van der Waals surface area contributed by atoms with E-state index < -0.39 is 12.0 Å². The Kier molecular flexibility index (Phi) is 5.98. The zero-order valence-electron chi connectivity index (χ0n) is 17.0. The highest BCUT2D eigenvalue weighted by molar-refractivity contribution is 5.97. The van der Waals surface area contributed by atoms with E-state index in [0.29, 0.717) is 23.5 Å². The number of esters is 1. The molecular formula is C25H22N2O4. The average Bonchev–Trinajstić information content (AvgIpc) is 3.22. The Morgan fingerprint density at radius 3 is 2.32 bits per heavy atom. The lowest BCUT2D eigenvalue weighted by Crippen LogP contribution is -2.43. The Balaban J connectivity index is 1.46. The van der Waals surface area contributed by atoms with Crippen LogP contribution in [-0.2, 0) is 16.0 Å². The molecular weight excluding hydrogens is 392 g/mol. The minimum atomic E-state index is -0.808. The van der Waals surface area contributed by atoms with Gasteiger partial charge >= 0.3 is 5.97 Å². The fourth-order valence-corrected chi connectivity index (χ4v) is 3.40. The molecule has 156 valence electrons. The van der Waals surface area contributed by atoms with Gasteiger partial charge in [-0.2, -0.15) is 0 Å². The molecule has 0 aliphatic carbocycles. The van der Waals surface area contributed by atoms with Crippen LogP contribution in [0, 0.1) is 0 Å². The first-order valence-corrected chi connectivity index (χ1v) is 9.90. The first-order valence-electron chi connectivity index (χ1n) is 9.90. The predicted molar refractivity (Wildman–Crippen MR) is 118 cm³/mol. The number of rotatable bonds is 7. The second-order valence-corrected chi connectivity index (χ2v) is 7.05. The zero-order chi connectivity index (χ0) is 21.6. The monoisotopic (exact) mass is 414 g/mol. The summed E-state index contributed by atoms with van der Waals surface area (Å²) in [5, 5.41) is 3.80. The molecule has 1 atom stereocenters. The number of para-hydroxylation sites is 2. The maximum Gasteiger partial charge on any atom is 0.328 e. The molecule has 0 unspecified atom stereocenters. The topological polar surface area (TPSA) is 80.4 Å². The predicted octanol–water partition coefficient (Wildman–Crippen LogP) is 4.47. The van der Waals surface area contributed by atoms with E-state index in [0.717, 1.165) is 16.5 Å². The van der Waals surface area contributed by atoms with Crippen LogP contribution in [0.25, 0.3) is 10.9 Å². The lowest BCUT2D eigenvalue weighted by Gasteiger charge is -2.16. The number of nitrogens with one attached hydrogen (secondary N) is 2. The molecule has 0 saturated heterocycles. The largest absolute Gasteiger partial charge is 0.467 e. The molecule has 2 N–H and O–H groups in total. The molecule has 1 heterocycles. The Morgan fingerprint density at radius 2 is 1.58 bits per heavy atom. The van der Waals surface area contributed by atoms with Gasteiger partial charge in [-0.15, -0.1) is 0 Å². The summed E-state index contributed by atoms with van der Waals surface area (Å²) in [6.45, 7) is 0. The molecule has 1 aromatic heterocycles. The smallest absolute Gasteiger partial charge is 0.328 e. The third kappa shape index (κ3) is 4.75. The van der Waals surface area contributed by atoms with Crippen molar-refractivity contribution in [3.8, 4) is 11.5 Å². The zero-order valence-corrected chi connectivity index (χ0v) is 17.0. The van der Waals surface area contributed by atoms with E-state index in [1.165, 1.54) is 7.11 Å². The van der Waals surface area contributed by atoms with E-state index in [-0.39, 0.29) is 5.91 Å². The minimum absolute atomic E-state index is 0.317. The molecule has 6 nitrogen and oxygen atoms in total. The molecule has 0 spiro atoms. The molecule has 0 bridgehead atoms. The molecule has 1 amide bonds. The number of ether oxygens (including phenoxy) is 2. The van der Waals surface area contributed by atoms with Crippen molar-refractivity contribution in [3.63, 3.8) is 0 Å². The number of H-pyrrole nitrogens is 1. The number of amides is 1. The van der Waals surface area contributed by atoms with Crippen LogP contribution in [0.5, 0.6) is 11.5 Å². The van der Waals surface area contributed by atoms with E-state index >= 15 is 0 Å². The number of carbonyl (C=O) groups excluding carboxylic acids is 2. The summed E-state index contributed by atoms with van der Waals surface area (Å²) in [4.78, 5) is 28.3. The van der Waals surface area contributed by atoms with Gasteiger partial charge in [0.05, 0.1) is 7.11 Å². The highest BCUT2D eigenvalue weighted by atomic mass is 16.5. The van der Waals surface area contributed by atoms with Crippen molar-refractivity contribution in [3.05, 3.63) is 96.2 Å². The summed E-state index contributed by atoms with van der Waals surface area (Å²) in [5.41, 5.74) is 2.33. The fraction of sp³-hybridized carbons (Fsp3) is 0.120. The number of aromatic amines is 1. The standard InChI is InChI=1S/C25H22N2O4/c1-30-25(29)23(15-18-16-26-22-10-6-5-9-21(18)22)27-24(28)17-11-13-20(14-12-17)31-19-7-3-2-4-8-19/h2-14,16,23,26H,15H2,1H3,(H,27,28)/t23-/m1/s1. The van der Waals surface area contributed by atoms with Crippen LogP contribution in [-0.4, -0.2) is 30.0 Å². The van der Waals surface area contributed by atoms with Crippen LogP contribution in [0.4, 0.5) is 0 Å². The maximum absolute atomic E-state index is 12.8. The first kappa shape index (κ1) is 20.2. The molecule has 3 aromatic carbocycles. The normalized spacial score (nSPS) is 11.6. The number of carbonyl (C=O) groups is 2. The summed E-state index contributed by atoms with van der Waals surface area (Å²) < 4.78 is 10.7. The van der Waals surface area contributed by atoms with Gasteiger partial charge in [-0.1, -0.05) is 36.4 Å². The number of benzene rings is 3. The molecule has 6 heteroatoms. The summed E-state index contributed by atoms with van der Waals surface area (Å²) in [6, 6.07) is 23.1. The van der Waals surface area contributed by atoms with Gasteiger partial charge < -0.3 is 19.8 Å². The van der Waals surface area contributed by atoms with Crippen molar-refractivity contribution in [2.45, 2.75) is 12.5 Å². The van der Waals surface area contributed by atoms with Crippen molar-refractivity contribution in [1.82, 2.24) is 10.3 Å². The van der Waals surface area contributed by atoms with Crippen LogP contribution in [0.2, 0.25) is 0 Å². The van der Waals surface area contributed by atoms with E-state index in [1.54, 1.807) is 24.3 Å². The van der Waals surface area contributed by atoms with Gasteiger partial charge in [-0.25, -0.2) is 4.79 Å². The summed E-state index contributed by atoms with van der Waals surface area (Å²) >= 11 is 0. The van der Waals surface area contributed by atoms with Gasteiger partial charge in [-0.05, 0) is 48.0 Å². The maximum atomic E-state index is 12.8. The summed E-state index contributed by atoms with van der Waals surface area (Å²) in [5.74, 6) is 0.472. The number of hydrogen-bond donors (Lipinski definition) is 2. The van der Waals surface area contributed by atoms with Crippen molar-refractivity contribution < 1.29 is 19.1 Å². The van der Waals surface area contributed by atoms with E-state index in [4.69, 9.17) is 9.47 Å². The Morgan fingerprint density at radius 1 is 0.903 bits per heavy atom. The van der Waals surface area contributed by atoms with Gasteiger partial charge in [0.1, 0.15) is 17.5 Å². The SMILES string of the molecule is COC(=O)[C@@H](Cc1c[nH]c2ccccc12)NC(=O)c1ccc(Oc2ccccc2)cc1. The first-order chi connectivity index (χ1) is 15.1. The van der Waals surface area contributed by atoms with Crippen LogP contribution in [0.3, 0.4) is 0 Å². The average molecular weight is 414 g/mol. The highest BCUT2D eigenvalue weighted by Crippen LogP contribution is 2.22. The molecule has 0 aliphatic rings. The van der Waals surface area contributed by atoms with Crippen molar-refractivity contribution in [2.75, 3.05) is 7.11 Å². The van der Waals surface area contributed by atoms with E-state index in [2.05, 4.69) is 10.3 Å². The van der Waals surface area contributed by atoms with Crippen LogP contribution in [0.15, 0.2) is 85.1 Å². The Bertz CT molecular complexity index is 1180. The van der Waals surface area contributed by atoms with Gasteiger partial charge in [0.2, 0.25) is 0 Å². The Labute approximate surface area is 179 Å².